The maximum absolute atomic E-state index is 6.07. The molecule has 0 unspecified atom stereocenters. The average Bonchev–Trinajstić information content (AvgIpc) is 3.10. The van der Waals surface area contributed by atoms with Gasteiger partial charge in [0.1, 0.15) is 5.75 Å². The summed E-state index contributed by atoms with van der Waals surface area (Å²) in [7, 11) is 1.50. The van der Waals surface area contributed by atoms with Gasteiger partial charge < -0.3 is 10.5 Å². The van der Waals surface area contributed by atoms with Crippen molar-refractivity contribution >= 4 is 35.0 Å². The molecular weight excluding hydrogens is 363 g/mol. The topological polar surface area (TPSA) is 38.5 Å². The third-order valence-electron chi connectivity index (χ3n) is 3.00. The van der Waals surface area contributed by atoms with Gasteiger partial charge in [0.15, 0.2) is 0 Å². The summed E-state index contributed by atoms with van der Waals surface area (Å²) >= 11 is 13.8. The highest BCUT2D eigenvalue weighted by Crippen LogP contribution is 2.32. The van der Waals surface area contributed by atoms with Crippen LogP contribution in [0.2, 0.25) is 10.0 Å². The molecule has 6 heteroatoms. The van der Waals surface area contributed by atoms with Crippen molar-refractivity contribution < 1.29 is 4.74 Å². The summed E-state index contributed by atoms with van der Waals surface area (Å²) in [6.07, 6.45) is 6.65. The van der Waals surface area contributed by atoms with E-state index in [4.69, 9.17) is 27.9 Å². The fourth-order valence-corrected chi connectivity index (χ4v) is 2.50. The van der Waals surface area contributed by atoms with E-state index in [9.17, 15) is 0 Å². The molecule has 1 aliphatic rings. The molecule has 1 saturated heterocycles. The van der Waals surface area contributed by atoms with Crippen LogP contribution in [0.4, 0.5) is 0 Å². The number of halogens is 2. The zero-order valence-corrected chi connectivity index (χ0v) is 18.3. The first-order valence-corrected chi connectivity index (χ1v) is 10.8. The second-order valence-corrected chi connectivity index (χ2v) is 6.33. The van der Waals surface area contributed by atoms with Gasteiger partial charge in [-0.25, -0.2) is 0 Å². The van der Waals surface area contributed by atoms with Crippen LogP contribution < -0.4 is 10.5 Å². The summed E-state index contributed by atoms with van der Waals surface area (Å²) in [5, 5.41) is 1.16. The highest BCUT2D eigenvalue weighted by atomic mass is 35.5. The van der Waals surface area contributed by atoms with Crippen molar-refractivity contribution in [3.8, 4) is 5.75 Å². The Bertz CT molecular complexity index is 414. The first-order valence-electron chi connectivity index (χ1n) is 8.43. The largest absolute Gasteiger partial charge is 0.493 e. The molecule has 0 bridgehead atoms. The molecule has 1 fully saturated rings. The number of benzene rings is 1. The lowest BCUT2D eigenvalue weighted by Gasteiger charge is -2.18. The lowest BCUT2D eigenvalue weighted by Crippen LogP contribution is -2.19. The standard InChI is InChI=1S/C13H17Cl2NO.C2H6S.C2H6.CH5N/c1-2-17-13-8-12(15)11(14)7-10(13)9-16-5-3-4-6-16;1-3-2;2*1-2/h7-8H,2-6,9H2,1H3;1-2H3;1-2H3;2H2,1H3. The van der Waals surface area contributed by atoms with E-state index < -0.39 is 0 Å². The Morgan fingerprint density at radius 1 is 1.08 bits per heavy atom. The molecule has 0 saturated carbocycles. The molecule has 3 nitrogen and oxygen atoms in total. The van der Waals surface area contributed by atoms with Gasteiger partial charge in [0.05, 0.1) is 16.7 Å². The molecule has 24 heavy (non-hydrogen) atoms. The number of nitrogens with two attached hydrogens (primary N) is 1. The Hall–Kier alpha value is -0.130. The van der Waals surface area contributed by atoms with Crippen molar-refractivity contribution in [2.24, 2.45) is 5.73 Å². The summed E-state index contributed by atoms with van der Waals surface area (Å²) in [6.45, 7) is 9.83. The molecule has 142 valence electrons. The Morgan fingerprint density at radius 2 is 1.54 bits per heavy atom. The molecule has 0 amide bonds. The summed E-state index contributed by atoms with van der Waals surface area (Å²) in [5.41, 5.74) is 5.63. The Morgan fingerprint density at radius 3 is 2.00 bits per heavy atom. The minimum Gasteiger partial charge on any atom is -0.493 e. The average molecular weight is 397 g/mol. The van der Waals surface area contributed by atoms with E-state index in [2.05, 4.69) is 10.6 Å². The van der Waals surface area contributed by atoms with Gasteiger partial charge in [-0.15, -0.1) is 0 Å². The molecule has 1 aromatic rings. The van der Waals surface area contributed by atoms with Crippen LogP contribution >= 0.6 is 35.0 Å². The van der Waals surface area contributed by atoms with E-state index in [1.807, 2.05) is 45.4 Å². The number of thioether (sulfide) groups is 1. The molecule has 0 radical (unpaired) electrons. The molecule has 1 heterocycles. The second-order valence-electron chi connectivity index (χ2n) is 4.70. The SMILES string of the molecule is CC.CCOc1cc(Cl)c(Cl)cc1CN1CCCC1.CN.CSC. The minimum atomic E-state index is 0.556. The molecule has 0 aliphatic carbocycles. The van der Waals surface area contributed by atoms with E-state index in [0.717, 1.165) is 30.9 Å². The maximum atomic E-state index is 6.07. The van der Waals surface area contributed by atoms with E-state index in [1.54, 1.807) is 11.8 Å². The molecule has 2 N–H and O–H groups in total. The number of ether oxygens (including phenoxy) is 1. The maximum Gasteiger partial charge on any atom is 0.125 e. The van der Waals surface area contributed by atoms with Crippen molar-refractivity contribution in [3.63, 3.8) is 0 Å². The van der Waals surface area contributed by atoms with Gasteiger partial charge in [-0.05, 0) is 58.5 Å². The number of likely N-dealkylation sites (tertiary alicyclic amines) is 1. The van der Waals surface area contributed by atoms with Gasteiger partial charge >= 0.3 is 0 Å². The lowest BCUT2D eigenvalue weighted by atomic mass is 10.2. The zero-order valence-electron chi connectivity index (χ0n) is 16.0. The van der Waals surface area contributed by atoms with Gasteiger partial charge in [0.25, 0.3) is 0 Å². The quantitative estimate of drug-likeness (QED) is 0.721. The second kappa shape index (κ2) is 17.7. The number of hydrogen-bond donors (Lipinski definition) is 1. The molecular formula is C18H34Cl2N2OS. The Labute approximate surface area is 163 Å². The van der Waals surface area contributed by atoms with Gasteiger partial charge in [0, 0.05) is 18.2 Å². The monoisotopic (exact) mass is 396 g/mol. The molecule has 0 aromatic heterocycles. The molecule has 0 spiro atoms. The highest BCUT2D eigenvalue weighted by molar-refractivity contribution is 7.97. The molecule has 2 rings (SSSR count). The van der Waals surface area contributed by atoms with Crippen molar-refractivity contribution in [2.45, 2.75) is 40.2 Å². The van der Waals surface area contributed by atoms with Crippen molar-refractivity contribution in [3.05, 3.63) is 27.7 Å². The molecule has 0 atom stereocenters. The summed E-state index contributed by atoms with van der Waals surface area (Å²) in [6, 6.07) is 3.74. The highest BCUT2D eigenvalue weighted by Gasteiger charge is 2.15. The van der Waals surface area contributed by atoms with Crippen LogP contribution in [-0.4, -0.2) is 44.2 Å². The molecule has 1 aromatic carbocycles. The van der Waals surface area contributed by atoms with E-state index in [0.29, 0.717) is 16.7 Å². The molecule has 1 aliphatic heterocycles. The van der Waals surface area contributed by atoms with Crippen LogP contribution in [0, 0.1) is 0 Å². The van der Waals surface area contributed by atoms with Gasteiger partial charge in [0.2, 0.25) is 0 Å². The lowest BCUT2D eigenvalue weighted by molar-refractivity contribution is 0.305. The summed E-state index contributed by atoms with van der Waals surface area (Å²) in [5.74, 6) is 0.855. The Kier molecular flexibility index (Phi) is 19.2. The van der Waals surface area contributed by atoms with Crippen molar-refractivity contribution in [2.75, 3.05) is 39.3 Å². The first-order chi connectivity index (χ1) is 11.6. The van der Waals surface area contributed by atoms with Gasteiger partial charge in [-0.1, -0.05) is 37.0 Å². The van der Waals surface area contributed by atoms with Crippen LogP contribution in [0.1, 0.15) is 39.2 Å². The van der Waals surface area contributed by atoms with E-state index in [-0.39, 0.29) is 0 Å². The third kappa shape index (κ3) is 10.7. The zero-order chi connectivity index (χ0) is 19.0. The van der Waals surface area contributed by atoms with Crippen LogP contribution in [0.5, 0.6) is 5.75 Å². The fraction of sp³-hybridized carbons (Fsp3) is 0.667. The van der Waals surface area contributed by atoms with E-state index in [1.165, 1.54) is 19.9 Å². The Balaban J connectivity index is 0. The predicted octanol–water partition coefficient (Wildman–Crippen LogP) is 5.57. The van der Waals surface area contributed by atoms with Gasteiger partial charge in [-0.2, -0.15) is 11.8 Å². The summed E-state index contributed by atoms with van der Waals surface area (Å²) < 4.78 is 5.61. The number of hydrogen-bond acceptors (Lipinski definition) is 4. The third-order valence-corrected chi connectivity index (χ3v) is 3.72. The smallest absolute Gasteiger partial charge is 0.125 e. The van der Waals surface area contributed by atoms with Gasteiger partial charge in [-0.3, -0.25) is 4.90 Å². The normalized spacial score (nSPS) is 12.9. The van der Waals surface area contributed by atoms with E-state index >= 15 is 0 Å². The fourth-order valence-electron chi connectivity index (χ4n) is 2.16. The minimum absolute atomic E-state index is 0.556. The number of rotatable bonds is 4. The summed E-state index contributed by atoms with van der Waals surface area (Å²) in [4.78, 5) is 2.42. The first kappa shape index (κ1) is 26.1. The van der Waals surface area contributed by atoms with Crippen LogP contribution in [-0.2, 0) is 6.54 Å². The van der Waals surface area contributed by atoms with Crippen LogP contribution in [0.15, 0.2) is 12.1 Å². The van der Waals surface area contributed by atoms with Crippen LogP contribution in [0.3, 0.4) is 0 Å². The number of nitrogens with zero attached hydrogens (tertiary/aromatic N) is 1. The van der Waals surface area contributed by atoms with Crippen LogP contribution in [0.25, 0.3) is 0 Å². The van der Waals surface area contributed by atoms with Crippen molar-refractivity contribution in [1.29, 1.82) is 0 Å². The van der Waals surface area contributed by atoms with Crippen molar-refractivity contribution in [1.82, 2.24) is 4.90 Å². The predicted molar refractivity (Wildman–Crippen MR) is 113 cm³/mol.